The lowest BCUT2D eigenvalue weighted by molar-refractivity contribution is 0.303. The Morgan fingerprint density at radius 3 is 2.39 bits per heavy atom. The van der Waals surface area contributed by atoms with E-state index in [1.54, 1.807) is 12.1 Å². The zero-order chi connectivity index (χ0) is 13.1. The summed E-state index contributed by atoms with van der Waals surface area (Å²) >= 11 is 6.43. The second-order valence-corrected chi connectivity index (χ2v) is 5.40. The first kappa shape index (κ1) is 13.5. The number of halogens is 4. The van der Waals surface area contributed by atoms with Crippen LogP contribution in [0.15, 0.2) is 45.3 Å². The van der Waals surface area contributed by atoms with E-state index in [4.69, 9.17) is 4.74 Å². The summed E-state index contributed by atoms with van der Waals surface area (Å²) < 4.78 is 32.7. The third-order valence-electron chi connectivity index (χ3n) is 2.25. The monoisotopic (exact) mass is 376 g/mol. The molecule has 0 atom stereocenters. The van der Waals surface area contributed by atoms with E-state index < -0.39 is 0 Å². The molecule has 0 saturated heterocycles. The molecule has 0 aliphatic carbocycles. The predicted molar refractivity (Wildman–Crippen MR) is 72.5 cm³/mol. The Morgan fingerprint density at radius 1 is 0.944 bits per heavy atom. The third kappa shape index (κ3) is 3.53. The van der Waals surface area contributed by atoms with Gasteiger partial charge in [-0.2, -0.15) is 0 Å². The van der Waals surface area contributed by atoms with Gasteiger partial charge in [-0.1, -0.05) is 37.9 Å². The highest BCUT2D eigenvalue weighted by atomic mass is 79.9. The fourth-order valence-electron chi connectivity index (χ4n) is 1.41. The molecule has 0 N–H and O–H groups in total. The van der Waals surface area contributed by atoms with Gasteiger partial charge in [0.15, 0.2) is 0 Å². The second kappa shape index (κ2) is 5.80. The summed E-state index contributed by atoms with van der Waals surface area (Å²) in [4.78, 5) is 0. The molecule has 0 radical (unpaired) electrons. The van der Waals surface area contributed by atoms with Crippen molar-refractivity contribution in [2.24, 2.45) is 0 Å². The van der Waals surface area contributed by atoms with Gasteiger partial charge >= 0.3 is 0 Å². The van der Waals surface area contributed by atoms with Gasteiger partial charge in [0, 0.05) is 20.6 Å². The molecule has 0 heterocycles. The summed E-state index contributed by atoms with van der Waals surface area (Å²) in [6, 6.07) is 8.64. The fourth-order valence-corrected chi connectivity index (χ4v) is 2.32. The second-order valence-electron chi connectivity index (χ2n) is 3.63. The van der Waals surface area contributed by atoms with Crippen molar-refractivity contribution in [3.05, 3.63) is 62.5 Å². The standard InChI is InChI=1S/C13H8Br2F2O/c14-9-3-11(17)5-12(4-9)18-7-8-1-2-10(16)6-13(8)15/h1-6H,7H2. The molecular formula is C13H8Br2F2O. The van der Waals surface area contributed by atoms with Crippen molar-refractivity contribution >= 4 is 31.9 Å². The van der Waals surface area contributed by atoms with Crippen LogP contribution in [0, 0.1) is 11.6 Å². The Kier molecular flexibility index (Phi) is 4.35. The first-order valence-corrected chi connectivity index (χ1v) is 6.66. The molecule has 5 heteroatoms. The maximum absolute atomic E-state index is 13.1. The molecule has 0 amide bonds. The zero-order valence-electron chi connectivity index (χ0n) is 9.09. The van der Waals surface area contributed by atoms with E-state index >= 15 is 0 Å². The number of hydrogen-bond acceptors (Lipinski definition) is 1. The lowest BCUT2D eigenvalue weighted by Crippen LogP contribution is -1.97. The molecule has 0 unspecified atom stereocenters. The van der Waals surface area contributed by atoms with Gasteiger partial charge in [0.2, 0.25) is 0 Å². The molecule has 0 spiro atoms. The average Bonchev–Trinajstić information content (AvgIpc) is 2.26. The predicted octanol–water partition coefficient (Wildman–Crippen LogP) is 5.07. The highest BCUT2D eigenvalue weighted by Crippen LogP contribution is 2.23. The first-order valence-electron chi connectivity index (χ1n) is 5.07. The molecule has 0 aliphatic heterocycles. The van der Waals surface area contributed by atoms with Crippen LogP contribution in [-0.2, 0) is 6.61 Å². The summed E-state index contributed by atoms with van der Waals surface area (Å²) in [6.07, 6.45) is 0. The molecule has 0 aliphatic rings. The minimum atomic E-state index is -0.377. The van der Waals surface area contributed by atoms with Crippen molar-refractivity contribution in [1.29, 1.82) is 0 Å². The Hall–Kier alpha value is -0.940. The van der Waals surface area contributed by atoms with Crippen molar-refractivity contribution in [2.75, 3.05) is 0 Å². The van der Waals surface area contributed by atoms with E-state index in [2.05, 4.69) is 31.9 Å². The number of benzene rings is 2. The van der Waals surface area contributed by atoms with Crippen LogP contribution in [0.3, 0.4) is 0 Å². The first-order chi connectivity index (χ1) is 8.54. The lowest BCUT2D eigenvalue weighted by Gasteiger charge is -2.08. The van der Waals surface area contributed by atoms with Gasteiger partial charge in [0.1, 0.15) is 24.0 Å². The van der Waals surface area contributed by atoms with Crippen LogP contribution < -0.4 is 4.74 Å². The van der Waals surface area contributed by atoms with Crippen LogP contribution in [0.1, 0.15) is 5.56 Å². The summed E-state index contributed by atoms with van der Waals surface area (Å²) in [5, 5.41) is 0. The molecule has 2 aromatic carbocycles. The molecule has 0 aromatic heterocycles. The highest BCUT2D eigenvalue weighted by Gasteiger charge is 2.04. The third-order valence-corrected chi connectivity index (χ3v) is 3.44. The van der Waals surface area contributed by atoms with Crippen LogP contribution in [0.25, 0.3) is 0 Å². The maximum Gasteiger partial charge on any atom is 0.128 e. The summed E-state index contributed by atoms with van der Waals surface area (Å²) in [6.45, 7) is 0.233. The van der Waals surface area contributed by atoms with Gasteiger partial charge in [-0.15, -0.1) is 0 Å². The molecule has 2 rings (SSSR count). The Morgan fingerprint density at radius 2 is 1.72 bits per heavy atom. The van der Waals surface area contributed by atoms with Crippen molar-refractivity contribution in [3.8, 4) is 5.75 Å². The quantitative estimate of drug-likeness (QED) is 0.725. The number of rotatable bonds is 3. The largest absolute Gasteiger partial charge is 0.489 e. The van der Waals surface area contributed by atoms with E-state index in [0.717, 1.165) is 5.56 Å². The van der Waals surface area contributed by atoms with E-state index in [9.17, 15) is 8.78 Å². The maximum atomic E-state index is 13.1. The highest BCUT2D eigenvalue weighted by molar-refractivity contribution is 9.10. The van der Waals surface area contributed by atoms with Crippen molar-refractivity contribution in [2.45, 2.75) is 6.61 Å². The minimum Gasteiger partial charge on any atom is -0.489 e. The van der Waals surface area contributed by atoms with Crippen molar-refractivity contribution < 1.29 is 13.5 Å². The van der Waals surface area contributed by atoms with Crippen molar-refractivity contribution in [3.63, 3.8) is 0 Å². The average molecular weight is 378 g/mol. The Balaban J connectivity index is 2.11. The van der Waals surface area contributed by atoms with Crippen LogP contribution in [0.2, 0.25) is 0 Å². The molecule has 2 aromatic rings. The molecular weight excluding hydrogens is 370 g/mol. The SMILES string of the molecule is Fc1cc(Br)cc(OCc2ccc(F)cc2Br)c1. The van der Waals surface area contributed by atoms with E-state index in [1.165, 1.54) is 24.3 Å². The van der Waals surface area contributed by atoms with Crippen molar-refractivity contribution in [1.82, 2.24) is 0 Å². The molecule has 18 heavy (non-hydrogen) atoms. The molecule has 0 fully saturated rings. The summed E-state index contributed by atoms with van der Waals surface area (Å²) in [5.41, 5.74) is 0.789. The summed E-state index contributed by atoms with van der Waals surface area (Å²) in [7, 11) is 0. The minimum absolute atomic E-state index is 0.233. The molecule has 0 bridgehead atoms. The number of ether oxygens (including phenoxy) is 1. The van der Waals surface area contributed by atoms with Gasteiger partial charge in [0.05, 0.1) is 0 Å². The summed E-state index contributed by atoms with van der Waals surface area (Å²) in [5.74, 6) is -0.283. The molecule has 1 nitrogen and oxygen atoms in total. The molecule has 94 valence electrons. The van der Waals surface area contributed by atoms with Gasteiger partial charge in [0.25, 0.3) is 0 Å². The fraction of sp³-hybridized carbons (Fsp3) is 0.0769. The smallest absolute Gasteiger partial charge is 0.128 e. The van der Waals surface area contributed by atoms with E-state index in [-0.39, 0.29) is 18.2 Å². The van der Waals surface area contributed by atoms with E-state index in [0.29, 0.717) is 14.7 Å². The Labute approximate surface area is 120 Å². The molecule has 0 saturated carbocycles. The topological polar surface area (TPSA) is 9.23 Å². The van der Waals surface area contributed by atoms with Crippen LogP contribution >= 0.6 is 31.9 Å². The van der Waals surface area contributed by atoms with Crippen LogP contribution in [-0.4, -0.2) is 0 Å². The number of hydrogen-bond donors (Lipinski definition) is 0. The Bertz CT molecular complexity index is 553. The van der Waals surface area contributed by atoms with E-state index in [1.807, 2.05) is 0 Å². The lowest BCUT2D eigenvalue weighted by atomic mass is 10.2. The van der Waals surface area contributed by atoms with Crippen LogP contribution in [0.4, 0.5) is 8.78 Å². The van der Waals surface area contributed by atoms with Gasteiger partial charge in [-0.3, -0.25) is 0 Å². The van der Waals surface area contributed by atoms with Crippen LogP contribution in [0.5, 0.6) is 5.75 Å². The van der Waals surface area contributed by atoms with Gasteiger partial charge in [-0.05, 0) is 24.3 Å². The van der Waals surface area contributed by atoms with Gasteiger partial charge < -0.3 is 4.74 Å². The normalized spacial score (nSPS) is 10.4. The van der Waals surface area contributed by atoms with Gasteiger partial charge in [-0.25, -0.2) is 8.78 Å². The zero-order valence-corrected chi connectivity index (χ0v) is 12.3.